The molecule has 2 aliphatic heterocycles. The molecule has 2 unspecified atom stereocenters. The number of likely N-dealkylation sites (tertiary alicyclic amines) is 1. The zero-order valence-electron chi connectivity index (χ0n) is 26.6. The Kier molecular flexibility index (Phi) is 10.2. The van der Waals surface area contributed by atoms with Crippen molar-refractivity contribution in [1.82, 2.24) is 15.1 Å². The van der Waals surface area contributed by atoms with Crippen molar-refractivity contribution in [3.8, 4) is 0 Å². The third kappa shape index (κ3) is 8.53. The molecule has 1 saturated carbocycles. The molecule has 0 aromatic heterocycles. The Morgan fingerprint density at radius 2 is 1.68 bits per heavy atom. The van der Waals surface area contributed by atoms with E-state index in [4.69, 9.17) is 4.74 Å². The molecule has 2 amide bonds. The van der Waals surface area contributed by atoms with Gasteiger partial charge in [0.25, 0.3) is 0 Å². The summed E-state index contributed by atoms with van der Waals surface area (Å²) in [5.41, 5.74) is 1.53. The Labute approximate surface area is 247 Å². The number of nitrogens with one attached hydrogen (secondary N) is 1. The van der Waals surface area contributed by atoms with E-state index in [0.717, 1.165) is 83.5 Å². The van der Waals surface area contributed by atoms with Crippen LogP contribution in [0, 0.1) is 35.9 Å². The van der Waals surface area contributed by atoms with Crippen molar-refractivity contribution in [2.75, 3.05) is 39.4 Å². The van der Waals surface area contributed by atoms with Crippen LogP contribution in [0.1, 0.15) is 97.1 Å². The monoisotopic (exact) mass is 571 g/mol. The van der Waals surface area contributed by atoms with Crippen LogP contribution in [0.2, 0.25) is 0 Å². The molecule has 2 saturated heterocycles. The molecule has 6 nitrogen and oxygen atoms in total. The number of halogens is 1. The molecule has 41 heavy (non-hydrogen) atoms. The molecular formula is C34H54FN3O3. The van der Waals surface area contributed by atoms with Crippen molar-refractivity contribution in [3.63, 3.8) is 0 Å². The van der Waals surface area contributed by atoms with Crippen LogP contribution >= 0.6 is 0 Å². The highest BCUT2D eigenvalue weighted by atomic mass is 19.1. The SMILES string of the molecule is CC(=O)NC(C)(C)CC(CC(C)(C)C)C1CCN(C(=O)[C@@H]2CC(N3CCOCC3)C[C@H]2c2ccc(C)cc2F)CC1. The minimum Gasteiger partial charge on any atom is -0.379 e. The molecule has 2 heterocycles. The number of rotatable bonds is 8. The van der Waals surface area contributed by atoms with Gasteiger partial charge in [0, 0.05) is 50.6 Å². The summed E-state index contributed by atoms with van der Waals surface area (Å²) in [4.78, 5) is 30.5. The van der Waals surface area contributed by atoms with E-state index < -0.39 is 0 Å². The molecule has 0 spiro atoms. The number of hydrogen-bond donors (Lipinski definition) is 1. The zero-order valence-corrected chi connectivity index (χ0v) is 26.6. The van der Waals surface area contributed by atoms with Gasteiger partial charge in [-0.2, -0.15) is 0 Å². The molecule has 3 fully saturated rings. The van der Waals surface area contributed by atoms with Crippen LogP contribution in [0.5, 0.6) is 0 Å². The molecule has 230 valence electrons. The van der Waals surface area contributed by atoms with Crippen LogP contribution in [0.15, 0.2) is 18.2 Å². The summed E-state index contributed by atoms with van der Waals surface area (Å²) in [7, 11) is 0. The highest BCUT2D eigenvalue weighted by molar-refractivity contribution is 5.80. The molecule has 1 aromatic rings. The van der Waals surface area contributed by atoms with Gasteiger partial charge in [-0.05, 0) is 99.7 Å². The first-order valence-corrected chi connectivity index (χ1v) is 15.9. The Balaban J connectivity index is 1.47. The second-order valence-corrected chi connectivity index (χ2v) is 15.0. The normalized spacial score (nSPS) is 25.8. The summed E-state index contributed by atoms with van der Waals surface area (Å²) < 4.78 is 20.8. The molecule has 1 aromatic carbocycles. The van der Waals surface area contributed by atoms with Gasteiger partial charge < -0.3 is 15.0 Å². The maximum Gasteiger partial charge on any atom is 0.226 e. The highest BCUT2D eigenvalue weighted by Gasteiger charge is 2.45. The Hall–Kier alpha value is -1.99. The van der Waals surface area contributed by atoms with Gasteiger partial charge in [-0.3, -0.25) is 14.5 Å². The number of benzene rings is 1. The average molecular weight is 572 g/mol. The van der Waals surface area contributed by atoms with E-state index in [0.29, 0.717) is 17.4 Å². The quantitative estimate of drug-likeness (QED) is 0.421. The Morgan fingerprint density at radius 1 is 1.02 bits per heavy atom. The van der Waals surface area contributed by atoms with Gasteiger partial charge in [-0.25, -0.2) is 4.39 Å². The van der Waals surface area contributed by atoms with Crippen LogP contribution in [-0.2, 0) is 14.3 Å². The number of hydrogen-bond acceptors (Lipinski definition) is 4. The van der Waals surface area contributed by atoms with Crippen molar-refractivity contribution in [3.05, 3.63) is 35.1 Å². The molecule has 4 atom stereocenters. The van der Waals surface area contributed by atoms with Crippen LogP contribution in [0.25, 0.3) is 0 Å². The van der Waals surface area contributed by atoms with Crippen molar-refractivity contribution in [2.45, 2.75) is 104 Å². The molecule has 7 heteroatoms. The van der Waals surface area contributed by atoms with E-state index in [9.17, 15) is 9.59 Å². The van der Waals surface area contributed by atoms with Crippen LogP contribution in [-0.4, -0.2) is 72.6 Å². The molecular weight excluding hydrogens is 517 g/mol. The second kappa shape index (κ2) is 13.1. The van der Waals surface area contributed by atoms with Gasteiger partial charge in [-0.1, -0.05) is 32.9 Å². The van der Waals surface area contributed by atoms with Gasteiger partial charge in [0.05, 0.1) is 13.2 Å². The van der Waals surface area contributed by atoms with Crippen molar-refractivity contribution >= 4 is 11.8 Å². The van der Waals surface area contributed by atoms with Crippen LogP contribution < -0.4 is 5.32 Å². The highest BCUT2D eigenvalue weighted by Crippen LogP contribution is 2.45. The third-order valence-electron chi connectivity index (χ3n) is 9.65. The summed E-state index contributed by atoms with van der Waals surface area (Å²) in [5.74, 6) is 0.732. The molecule has 3 aliphatic rings. The molecule has 4 rings (SSSR count). The average Bonchev–Trinajstić information content (AvgIpc) is 3.32. The second-order valence-electron chi connectivity index (χ2n) is 15.0. The lowest BCUT2D eigenvalue weighted by Crippen LogP contribution is -2.47. The van der Waals surface area contributed by atoms with Crippen LogP contribution in [0.3, 0.4) is 0 Å². The number of nitrogens with zero attached hydrogens (tertiary/aromatic N) is 2. The van der Waals surface area contributed by atoms with Gasteiger partial charge in [-0.15, -0.1) is 0 Å². The standard InChI is InChI=1S/C34H54FN3O3/c1-23-8-9-28(31(35)18-23)29-19-27(37-14-16-41-17-15-37)20-30(29)32(40)38-12-10-25(11-13-38)26(21-33(3,4)5)22-34(6,7)36-24(2)39/h8-9,18,25-27,29-30H,10-17,19-22H2,1-7H3,(H,36,39)/t26?,27?,29-,30+/m0/s1. The molecule has 0 bridgehead atoms. The van der Waals surface area contributed by atoms with Crippen molar-refractivity contribution in [2.24, 2.45) is 23.2 Å². The van der Waals surface area contributed by atoms with E-state index in [1.807, 2.05) is 19.1 Å². The minimum absolute atomic E-state index is 0.0106. The lowest BCUT2D eigenvalue weighted by molar-refractivity contribution is -0.138. The van der Waals surface area contributed by atoms with Crippen molar-refractivity contribution in [1.29, 1.82) is 0 Å². The maximum absolute atomic E-state index is 15.3. The Bertz CT molecular complexity index is 1050. The molecule has 1 aliphatic carbocycles. The fourth-order valence-electron chi connectivity index (χ4n) is 8.00. The number of carbonyl (C=O) groups excluding carboxylic acids is 2. The van der Waals surface area contributed by atoms with Gasteiger partial charge in [0.2, 0.25) is 11.8 Å². The number of aryl methyl sites for hydroxylation is 1. The van der Waals surface area contributed by atoms with Crippen molar-refractivity contribution < 1.29 is 18.7 Å². The fourth-order valence-corrected chi connectivity index (χ4v) is 8.00. The first-order valence-electron chi connectivity index (χ1n) is 15.9. The number of piperidine rings is 1. The first-order chi connectivity index (χ1) is 19.2. The number of amides is 2. The number of ether oxygens (including phenoxy) is 1. The van der Waals surface area contributed by atoms with E-state index in [2.05, 4.69) is 49.7 Å². The lowest BCUT2D eigenvalue weighted by atomic mass is 9.70. The summed E-state index contributed by atoms with van der Waals surface area (Å²) in [6, 6.07) is 5.79. The smallest absolute Gasteiger partial charge is 0.226 e. The largest absolute Gasteiger partial charge is 0.379 e. The fraction of sp³-hybridized carbons (Fsp3) is 0.765. The number of morpholine rings is 1. The maximum atomic E-state index is 15.3. The third-order valence-corrected chi connectivity index (χ3v) is 9.65. The van der Waals surface area contributed by atoms with E-state index in [1.54, 1.807) is 13.0 Å². The summed E-state index contributed by atoms with van der Waals surface area (Å²) in [6.07, 6.45) is 5.58. The Morgan fingerprint density at radius 3 is 2.27 bits per heavy atom. The zero-order chi connectivity index (χ0) is 29.9. The minimum atomic E-state index is -0.265. The molecule has 1 N–H and O–H groups in total. The van der Waals surface area contributed by atoms with Gasteiger partial charge in [0.1, 0.15) is 5.82 Å². The number of carbonyl (C=O) groups is 2. The predicted molar refractivity (Wildman–Crippen MR) is 162 cm³/mol. The van der Waals surface area contributed by atoms with Crippen LogP contribution in [0.4, 0.5) is 4.39 Å². The van der Waals surface area contributed by atoms with E-state index in [1.165, 1.54) is 0 Å². The summed E-state index contributed by atoms with van der Waals surface area (Å²) in [6.45, 7) is 19.3. The molecule has 0 radical (unpaired) electrons. The van der Waals surface area contributed by atoms with E-state index >= 15 is 4.39 Å². The topological polar surface area (TPSA) is 61.9 Å². The van der Waals surface area contributed by atoms with E-state index in [-0.39, 0.29) is 46.5 Å². The van der Waals surface area contributed by atoms with Gasteiger partial charge >= 0.3 is 0 Å². The lowest BCUT2D eigenvalue weighted by Gasteiger charge is -2.42. The summed E-state index contributed by atoms with van der Waals surface area (Å²) in [5, 5.41) is 3.15. The van der Waals surface area contributed by atoms with Gasteiger partial charge in [0.15, 0.2) is 0 Å². The predicted octanol–water partition coefficient (Wildman–Crippen LogP) is 5.92. The summed E-state index contributed by atoms with van der Waals surface area (Å²) >= 11 is 0. The first kappa shape index (κ1) is 31.9.